The molecule has 2 rings (SSSR count). The summed E-state index contributed by atoms with van der Waals surface area (Å²) in [6.45, 7) is 12.1. The Balaban J connectivity index is 2.50. The van der Waals surface area contributed by atoms with Gasteiger partial charge in [-0.2, -0.15) is 13.2 Å². The molecule has 0 fully saturated rings. The molecular formula is C19H24F3NO2. The van der Waals surface area contributed by atoms with Crippen molar-refractivity contribution in [2.45, 2.75) is 71.4 Å². The Morgan fingerprint density at radius 2 is 1.80 bits per heavy atom. The van der Waals surface area contributed by atoms with Crippen LogP contribution in [-0.4, -0.2) is 17.9 Å². The number of fused-ring (bicyclic) bond motifs is 1. The van der Waals surface area contributed by atoms with Gasteiger partial charge in [0.15, 0.2) is 0 Å². The molecule has 0 saturated carbocycles. The maximum absolute atomic E-state index is 12.3. The minimum absolute atomic E-state index is 0.00568. The molecule has 1 aromatic carbocycles. The molecule has 0 saturated heterocycles. The van der Waals surface area contributed by atoms with E-state index in [1.165, 1.54) is 5.56 Å². The van der Waals surface area contributed by atoms with Crippen LogP contribution in [-0.2, 0) is 26.9 Å². The normalized spacial score (nSPS) is 17.4. The Bertz CT molecular complexity index is 725. The average Bonchev–Trinajstić information content (AvgIpc) is 2.77. The number of nitrogens with zero attached hydrogens (tertiary/aromatic N) is 1. The van der Waals surface area contributed by atoms with E-state index in [4.69, 9.17) is 0 Å². The van der Waals surface area contributed by atoms with Crippen LogP contribution in [0.5, 0.6) is 0 Å². The molecule has 0 unspecified atom stereocenters. The Labute approximate surface area is 146 Å². The second-order valence-corrected chi connectivity index (χ2v) is 8.24. The van der Waals surface area contributed by atoms with Crippen LogP contribution in [0.2, 0.25) is 0 Å². The van der Waals surface area contributed by atoms with E-state index < -0.39 is 12.1 Å². The zero-order valence-corrected chi connectivity index (χ0v) is 15.5. The number of hydrogen-bond acceptors (Lipinski definition) is 3. The highest BCUT2D eigenvalue weighted by atomic mass is 19.4. The molecule has 0 aromatic heterocycles. The lowest BCUT2D eigenvalue weighted by Crippen LogP contribution is -2.24. The van der Waals surface area contributed by atoms with Gasteiger partial charge in [0.05, 0.1) is 5.71 Å². The zero-order chi connectivity index (χ0) is 19.2. The molecule has 1 aliphatic carbocycles. The SMILES string of the molecule is CC(=NOC(=O)C(F)(F)F)c1cc(C(C)(C)C)cc2c1CCC2(C)C. The maximum atomic E-state index is 12.3. The van der Waals surface area contributed by atoms with Crippen LogP contribution in [0.15, 0.2) is 17.3 Å². The number of hydrogen-bond donors (Lipinski definition) is 0. The first-order valence-electron chi connectivity index (χ1n) is 8.24. The Morgan fingerprint density at radius 3 is 2.32 bits per heavy atom. The van der Waals surface area contributed by atoms with Crippen molar-refractivity contribution in [2.75, 3.05) is 0 Å². The summed E-state index contributed by atoms with van der Waals surface area (Å²) in [5.41, 5.74) is 4.24. The van der Waals surface area contributed by atoms with Gasteiger partial charge in [-0.3, -0.25) is 0 Å². The van der Waals surface area contributed by atoms with Gasteiger partial charge in [-0.1, -0.05) is 45.8 Å². The van der Waals surface area contributed by atoms with Gasteiger partial charge in [0.2, 0.25) is 0 Å². The van der Waals surface area contributed by atoms with Crippen molar-refractivity contribution in [3.63, 3.8) is 0 Å². The molecule has 0 amide bonds. The number of carbonyl (C=O) groups excluding carboxylic acids is 1. The third-order valence-electron chi connectivity index (χ3n) is 4.73. The molecule has 1 aliphatic rings. The minimum atomic E-state index is -5.05. The first kappa shape index (κ1) is 19.5. The maximum Gasteiger partial charge on any atom is 0.493 e. The Hall–Kier alpha value is -1.85. The summed E-state index contributed by atoms with van der Waals surface area (Å²) in [4.78, 5) is 15.0. The Morgan fingerprint density at radius 1 is 1.20 bits per heavy atom. The molecule has 25 heavy (non-hydrogen) atoms. The second kappa shape index (κ2) is 6.15. The topological polar surface area (TPSA) is 38.7 Å². The largest absolute Gasteiger partial charge is 0.493 e. The van der Waals surface area contributed by atoms with Crippen LogP contribution >= 0.6 is 0 Å². The van der Waals surface area contributed by atoms with E-state index in [9.17, 15) is 18.0 Å². The number of alkyl halides is 3. The van der Waals surface area contributed by atoms with E-state index in [1.54, 1.807) is 6.92 Å². The lowest BCUT2D eigenvalue weighted by molar-refractivity contribution is -0.199. The lowest BCUT2D eigenvalue weighted by Gasteiger charge is -2.26. The van der Waals surface area contributed by atoms with Crippen molar-refractivity contribution >= 4 is 11.7 Å². The summed E-state index contributed by atoms with van der Waals surface area (Å²) >= 11 is 0. The number of oxime groups is 1. The quantitative estimate of drug-likeness (QED) is 0.424. The van der Waals surface area contributed by atoms with Crippen LogP contribution in [0.3, 0.4) is 0 Å². The summed E-state index contributed by atoms with van der Waals surface area (Å²) in [5, 5.41) is 3.46. The molecule has 0 radical (unpaired) electrons. The molecule has 138 valence electrons. The van der Waals surface area contributed by atoms with E-state index in [0.717, 1.165) is 29.5 Å². The summed E-state index contributed by atoms with van der Waals surface area (Å²) < 4.78 is 36.9. The fourth-order valence-corrected chi connectivity index (χ4v) is 3.08. The summed E-state index contributed by atoms with van der Waals surface area (Å²) in [6, 6.07) is 4.13. The molecule has 0 N–H and O–H groups in total. The summed E-state index contributed by atoms with van der Waals surface area (Å²) in [5.74, 6) is -2.31. The highest BCUT2D eigenvalue weighted by molar-refractivity contribution is 6.01. The fourth-order valence-electron chi connectivity index (χ4n) is 3.08. The van der Waals surface area contributed by atoms with E-state index in [2.05, 4.69) is 50.7 Å². The van der Waals surface area contributed by atoms with Gasteiger partial charge >= 0.3 is 12.1 Å². The summed E-state index contributed by atoms with van der Waals surface area (Å²) in [6.07, 6.45) is -3.28. The van der Waals surface area contributed by atoms with E-state index >= 15 is 0 Å². The van der Waals surface area contributed by atoms with E-state index in [-0.39, 0.29) is 16.5 Å². The molecule has 3 nitrogen and oxygen atoms in total. The third kappa shape index (κ3) is 4.05. The predicted octanol–water partition coefficient (Wildman–Crippen LogP) is 5.04. The molecule has 0 aliphatic heterocycles. The van der Waals surface area contributed by atoms with Crippen LogP contribution in [0.25, 0.3) is 0 Å². The molecular weight excluding hydrogens is 331 g/mol. The van der Waals surface area contributed by atoms with Gasteiger partial charge in [-0.25, -0.2) is 4.79 Å². The molecule has 6 heteroatoms. The third-order valence-corrected chi connectivity index (χ3v) is 4.73. The van der Waals surface area contributed by atoms with Crippen molar-refractivity contribution in [1.82, 2.24) is 0 Å². The Kier molecular flexibility index (Phi) is 4.79. The number of benzene rings is 1. The van der Waals surface area contributed by atoms with Crippen molar-refractivity contribution in [1.29, 1.82) is 0 Å². The highest BCUT2D eigenvalue weighted by Crippen LogP contribution is 2.42. The van der Waals surface area contributed by atoms with E-state index in [0.29, 0.717) is 0 Å². The predicted molar refractivity (Wildman–Crippen MR) is 90.8 cm³/mol. The van der Waals surface area contributed by atoms with Gasteiger partial charge < -0.3 is 4.84 Å². The molecule has 0 bridgehead atoms. The van der Waals surface area contributed by atoms with Crippen molar-refractivity contribution in [3.05, 3.63) is 34.4 Å². The van der Waals surface area contributed by atoms with Gasteiger partial charge in [0.1, 0.15) is 0 Å². The average molecular weight is 355 g/mol. The first-order valence-corrected chi connectivity index (χ1v) is 8.24. The highest BCUT2D eigenvalue weighted by Gasteiger charge is 2.42. The van der Waals surface area contributed by atoms with Crippen LogP contribution in [0.4, 0.5) is 13.2 Å². The number of halogens is 3. The molecule has 0 atom stereocenters. The van der Waals surface area contributed by atoms with Gasteiger partial charge in [0, 0.05) is 5.56 Å². The van der Waals surface area contributed by atoms with Crippen molar-refractivity contribution < 1.29 is 22.8 Å². The van der Waals surface area contributed by atoms with Crippen LogP contribution in [0.1, 0.15) is 70.2 Å². The van der Waals surface area contributed by atoms with Crippen LogP contribution < -0.4 is 0 Å². The van der Waals surface area contributed by atoms with Crippen molar-refractivity contribution in [2.24, 2.45) is 5.16 Å². The van der Waals surface area contributed by atoms with Crippen molar-refractivity contribution in [3.8, 4) is 0 Å². The first-order chi connectivity index (χ1) is 11.2. The number of rotatable bonds is 2. The van der Waals surface area contributed by atoms with E-state index in [1.807, 2.05) is 6.07 Å². The minimum Gasteiger partial charge on any atom is -0.309 e. The molecule has 0 spiro atoms. The molecule has 1 aromatic rings. The monoisotopic (exact) mass is 355 g/mol. The fraction of sp³-hybridized carbons (Fsp3) is 0.579. The smallest absolute Gasteiger partial charge is 0.309 e. The second-order valence-electron chi connectivity index (χ2n) is 8.24. The van der Waals surface area contributed by atoms with Gasteiger partial charge in [-0.05, 0) is 53.4 Å². The lowest BCUT2D eigenvalue weighted by atomic mass is 9.79. The van der Waals surface area contributed by atoms with Crippen LogP contribution in [0, 0.1) is 0 Å². The standard InChI is InChI=1S/C19H24F3NO2/c1-11(23-25-16(24)19(20,21)22)14-9-12(17(2,3)4)10-15-13(14)7-8-18(15,5)6/h9-10H,7-8H2,1-6H3. The van der Waals surface area contributed by atoms with Gasteiger partial charge in [-0.15, -0.1) is 0 Å². The zero-order valence-electron chi connectivity index (χ0n) is 15.5. The van der Waals surface area contributed by atoms with Gasteiger partial charge in [0.25, 0.3) is 0 Å². The number of carbonyl (C=O) groups is 1. The summed E-state index contributed by atoms with van der Waals surface area (Å²) in [7, 11) is 0. The molecule has 0 heterocycles.